The van der Waals surface area contributed by atoms with E-state index in [0.717, 1.165) is 37.4 Å². The summed E-state index contributed by atoms with van der Waals surface area (Å²) in [5.74, 6) is 1.17. The minimum atomic E-state index is -0.110. The Morgan fingerprint density at radius 1 is 1.12 bits per heavy atom. The maximum absolute atomic E-state index is 12.8. The number of amides is 3. The van der Waals surface area contributed by atoms with E-state index in [1.807, 2.05) is 47.0 Å². The number of rotatable bonds is 2. The highest BCUT2D eigenvalue weighted by Gasteiger charge is 2.32. The molecule has 6 heteroatoms. The van der Waals surface area contributed by atoms with Crippen LogP contribution in [0.3, 0.4) is 0 Å². The van der Waals surface area contributed by atoms with Crippen molar-refractivity contribution in [1.82, 2.24) is 9.80 Å². The normalized spacial score (nSPS) is 24.5. The third-order valence-electron chi connectivity index (χ3n) is 4.64. The van der Waals surface area contributed by atoms with Gasteiger partial charge in [-0.3, -0.25) is 4.79 Å². The lowest BCUT2D eigenvalue weighted by Crippen LogP contribution is -2.50. The van der Waals surface area contributed by atoms with E-state index >= 15 is 0 Å². The van der Waals surface area contributed by atoms with Gasteiger partial charge in [0.25, 0.3) is 0 Å². The first-order chi connectivity index (χ1) is 11.6. The Bertz CT molecular complexity index is 581. The maximum atomic E-state index is 12.8. The standard InChI is InChI=1S/C18H25N3O2S/c1-14-12-20(10-11-24-14)17(22)15-6-5-9-21(13-15)18(23)19-16-7-3-2-4-8-16/h2-4,7-8,14-15H,5-6,9-13H2,1H3,(H,19,23)/t14-,15+/m1/s1. The molecule has 0 spiro atoms. The molecular weight excluding hydrogens is 322 g/mol. The van der Waals surface area contributed by atoms with E-state index in [1.165, 1.54) is 0 Å². The molecule has 2 atom stereocenters. The van der Waals surface area contributed by atoms with Crippen molar-refractivity contribution in [3.05, 3.63) is 30.3 Å². The summed E-state index contributed by atoms with van der Waals surface area (Å²) in [5.41, 5.74) is 0.790. The van der Waals surface area contributed by atoms with E-state index in [2.05, 4.69) is 12.2 Å². The maximum Gasteiger partial charge on any atom is 0.321 e. The van der Waals surface area contributed by atoms with E-state index in [4.69, 9.17) is 0 Å². The minimum Gasteiger partial charge on any atom is -0.340 e. The van der Waals surface area contributed by atoms with Gasteiger partial charge in [-0.25, -0.2) is 4.79 Å². The number of urea groups is 1. The number of piperidine rings is 1. The summed E-state index contributed by atoms with van der Waals surface area (Å²) in [6, 6.07) is 9.35. The minimum absolute atomic E-state index is 0.0597. The van der Waals surface area contributed by atoms with Gasteiger partial charge in [-0.2, -0.15) is 11.8 Å². The zero-order chi connectivity index (χ0) is 16.9. The molecule has 1 aromatic rings. The third kappa shape index (κ3) is 4.23. The molecule has 0 unspecified atom stereocenters. The molecule has 2 aliphatic heterocycles. The smallest absolute Gasteiger partial charge is 0.321 e. The van der Waals surface area contributed by atoms with Gasteiger partial charge in [0.15, 0.2) is 0 Å². The van der Waals surface area contributed by atoms with E-state index in [9.17, 15) is 9.59 Å². The summed E-state index contributed by atoms with van der Waals surface area (Å²) in [6.45, 7) is 5.07. The van der Waals surface area contributed by atoms with Crippen LogP contribution in [-0.4, -0.2) is 58.9 Å². The number of hydrogen-bond acceptors (Lipinski definition) is 3. The SMILES string of the molecule is C[C@@H]1CN(C(=O)[C@H]2CCCN(C(=O)Nc3ccccc3)C2)CCS1. The predicted octanol–water partition coefficient (Wildman–Crippen LogP) is 2.89. The van der Waals surface area contributed by atoms with E-state index in [1.54, 1.807) is 4.90 Å². The van der Waals surface area contributed by atoms with Crippen LogP contribution < -0.4 is 5.32 Å². The van der Waals surface area contributed by atoms with Gasteiger partial charge in [-0.05, 0) is 25.0 Å². The topological polar surface area (TPSA) is 52.7 Å². The largest absolute Gasteiger partial charge is 0.340 e. The Balaban J connectivity index is 1.57. The Hall–Kier alpha value is -1.69. The van der Waals surface area contributed by atoms with Gasteiger partial charge in [0.2, 0.25) is 5.91 Å². The van der Waals surface area contributed by atoms with Crippen molar-refractivity contribution in [3.63, 3.8) is 0 Å². The Kier molecular flexibility index (Phi) is 5.66. The van der Waals surface area contributed by atoms with Crippen molar-refractivity contribution in [2.24, 2.45) is 5.92 Å². The highest BCUT2D eigenvalue weighted by Crippen LogP contribution is 2.24. The van der Waals surface area contributed by atoms with Crippen molar-refractivity contribution in [1.29, 1.82) is 0 Å². The number of carbonyl (C=O) groups excluding carboxylic acids is 2. The van der Waals surface area contributed by atoms with Crippen LogP contribution in [-0.2, 0) is 4.79 Å². The van der Waals surface area contributed by atoms with Crippen LogP contribution >= 0.6 is 11.8 Å². The molecule has 0 bridgehead atoms. The Morgan fingerprint density at radius 3 is 2.67 bits per heavy atom. The number of carbonyl (C=O) groups is 2. The van der Waals surface area contributed by atoms with Gasteiger partial charge in [-0.1, -0.05) is 25.1 Å². The number of thioether (sulfide) groups is 1. The zero-order valence-electron chi connectivity index (χ0n) is 14.1. The number of anilines is 1. The molecule has 2 fully saturated rings. The number of nitrogens with one attached hydrogen (secondary N) is 1. The number of benzene rings is 1. The van der Waals surface area contributed by atoms with Crippen LogP contribution in [0.15, 0.2) is 30.3 Å². The molecule has 0 aliphatic carbocycles. The van der Waals surface area contributed by atoms with Crippen molar-refractivity contribution in [2.45, 2.75) is 25.0 Å². The highest BCUT2D eigenvalue weighted by atomic mass is 32.2. The van der Waals surface area contributed by atoms with Crippen molar-refractivity contribution in [3.8, 4) is 0 Å². The monoisotopic (exact) mass is 347 g/mol. The number of nitrogens with zero attached hydrogens (tertiary/aromatic N) is 2. The van der Waals surface area contributed by atoms with Crippen LogP contribution in [0.25, 0.3) is 0 Å². The van der Waals surface area contributed by atoms with Crippen molar-refractivity contribution < 1.29 is 9.59 Å². The molecule has 1 aromatic carbocycles. The summed E-state index contributed by atoms with van der Waals surface area (Å²) >= 11 is 1.92. The number of para-hydroxylation sites is 1. The fraction of sp³-hybridized carbons (Fsp3) is 0.556. The second-order valence-electron chi connectivity index (χ2n) is 6.55. The van der Waals surface area contributed by atoms with Gasteiger partial charge in [0.05, 0.1) is 5.92 Å². The van der Waals surface area contributed by atoms with Gasteiger partial charge >= 0.3 is 6.03 Å². The van der Waals surface area contributed by atoms with E-state index in [-0.39, 0.29) is 17.9 Å². The molecular formula is C18H25N3O2S. The average Bonchev–Trinajstić information content (AvgIpc) is 2.62. The Morgan fingerprint density at radius 2 is 1.92 bits per heavy atom. The first-order valence-electron chi connectivity index (χ1n) is 8.65. The Labute approximate surface area is 147 Å². The van der Waals surface area contributed by atoms with Gasteiger partial charge < -0.3 is 15.1 Å². The second kappa shape index (κ2) is 7.92. The zero-order valence-corrected chi connectivity index (χ0v) is 14.9. The highest BCUT2D eigenvalue weighted by molar-refractivity contribution is 7.99. The fourth-order valence-electron chi connectivity index (χ4n) is 3.36. The lowest BCUT2D eigenvalue weighted by molar-refractivity contribution is -0.136. The molecule has 0 aromatic heterocycles. The summed E-state index contributed by atoms with van der Waals surface area (Å²) in [6.07, 6.45) is 1.77. The summed E-state index contributed by atoms with van der Waals surface area (Å²) in [7, 11) is 0. The first kappa shape index (κ1) is 17.1. The van der Waals surface area contributed by atoms with Crippen LogP contribution in [0.1, 0.15) is 19.8 Å². The predicted molar refractivity (Wildman–Crippen MR) is 98.3 cm³/mol. The molecule has 2 aliphatic rings. The summed E-state index contributed by atoms with van der Waals surface area (Å²) in [5, 5.41) is 3.42. The lowest BCUT2D eigenvalue weighted by Gasteiger charge is -2.37. The molecule has 3 amide bonds. The van der Waals surface area contributed by atoms with Crippen molar-refractivity contribution in [2.75, 3.05) is 37.2 Å². The first-order valence-corrected chi connectivity index (χ1v) is 9.69. The quantitative estimate of drug-likeness (QED) is 0.895. The van der Waals surface area contributed by atoms with Crippen LogP contribution in [0.5, 0.6) is 0 Å². The molecule has 5 nitrogen and oxygen atoms in total. The number of likely N-dealkylation sites (tertiary alicyclic amines) is 1. The number of hydrogen-bond donors (Lipinski definition) is 1. The molecule has 0 radical (unpaired) electrons. The van der Waals surface area contributed by atoms with E-state index in [0.29, 0.717) is 18.3 Å². The van der Waals surface area contributed by atoms with E-state index < -0.39 is 0 Å². The molecule has 130 valence electrons. The molecule has 24 heavy (non-hydrogen) atoms. The summed E-state index contributed by atoms with van der Waals surface area (Å²) in [4.78, 5) is 29.0. The fourth-order valence-corrected chi connectivity index (χ4v) is 4.38. The molecule has 0 saturated carbocycles. The van der Waals surface area contributed by atoms with Crippen LogP contribution in [0.4, 0.5) is 10.5 Å². The van der Waals surface area contributed by atoms with Crippen LogP contribution in [0, 0.1) is 5.92 Å². The second-order valence-corrected chi connectivity index (χ2v) is 8.09. The average molecular weight is 347 g/mol. The van der Waals surface area contributed by atoms with Crippen molar-refractivity contribution >= 4 is 29.4 Å². The van der Waals surface area contributed by atoms with Gasteiger partial charge in [0.1, 0.15) is 0 Å². The lowest BCUT2D eigenvalue weighted by atomic mass is 9.96. The molecule has 2 saturated heterocycles. The molecule has 3 rings (SSSR count). The summed E-state index contributed by atoms with van der Waals surface area (Å²) < 4.78 is 0. The molecule has 2 heterocycles. The van der Waals surface area contributed by atoms with Gasteiger partial charge in [0, 0.05) is 42.9 Å². The van der Waals surface area contributed by atoms with Crippen LogP contribution in [0.2, 0.25) is 0 Å². The molecule has 1 N–H and O–H groups in total. The third-order valence-corrected chi connectivity index (χ3v) is 5.77. The van der Waals surface area contributed by atoms with Gasteiger partial charge in [-0.15, -0.1) is 0 Å².